The molecule has 6 nitrogen and oxygen atoms in total. The van der Waals surface area contributed by atoms with Crippen molar-refractivity contribution in [2.75, 3.05) is 18.9 Å². The molecule has 1 aromatic carbocycles. The maximum Gasteiger partial charge on any atom is 0.252 e. The summed E-state index contributed by atoms with van der Waals surface area (Å²) in [5, 5.41) is 11.3. The number of amides is 1. The van der Waals surface area contributed by atoms with Gasteiger partial charge in [-0.15, -0.1) is 22.0 Å². The fourth-order valence-electron chi connectivity index (χ4n) is 3.18. The highest BCUT2D eigenvalue weighted by Gasteiger charge is 2.18. The Balaban J connectivity index is 1.35. The molecule has 1 aliphatic heterocycles. The molecule has 1 atom stereocenters. The van der Waals surface area contributed by atoms with E-state index in [1.165, 1.54) is 0 Å². The number of nitrogens with one attached hydrogen (secondary N) is 1. The second-order valence-electron chi connectivity index (χ2n) is 6.49. The number of fused-ring (bicyclic) bond motifs is 1. The van der Waals surface area contributed by atoms with Crippen molar-refractivity contribution in [2.24, 2.45) is 0 Å². The van der Waals surface area contributed by atoms with Crippen molar-refractivity contribution < 1.29 is 9.53 Å². The maximum atomic E-state index is 12.7. The lowest BCUT2D eigenvalue weighted by atomic mass is 10.2. The van der Waals surface area contributed by atoms with Crippen molar-refractivity contribution in [1.82, 2.24) is 19.9 Å². The quantitative estimate of drug-likeness (QED) is 0.636. The Bertz CT molecular complexity index is 921. The molecular formula is C20H22N4O2S. The van der Waals surface area contributed by atoms with E-state index in [0.717, 1.165) is 41.6 Å². The molecule has 140 valence electrons. The van der Waals surface area contributed by atoms with Gasteiger partial charge < -0.3 is 10.1 Å². The maximum absolute atomic E-state index is 12.7. The van der Waals surface area contributed by atoms with Gasteiger partial charge in [-0.1, -0.05) is 18.2 Å². The van der Waals surface area contributed by atoms with Crippen molar-refractivity contribution in [3.63, 3.8) is 0 Å². The van der Waals surface area contributed by atoms with Gasteiger partial charge in [0.15, 0.2) is 5.65 Å². The number of hydrogen-bond donors (Lipinski definition) is 1. The third-order valence-electron chi connectivity index (χ3n) is 4.60. The summed E-state index contributed by atoms with van der Waals surface area (Å²) in [6.45, 7) is 1.37. The first-order chi connectivity index (χ1) is 13.3. The molecule has 0 spiro atoms. The van der Waals surface area contributed by atoms with Gasteiger partial charge in [0.2, 0.25) is 0 Å². The zero-order chi connectivity index (χ0) is 18.5. The first-order valence-electron chi connectivity index (χ1n) is 9.21. The highest BCUT2D eigenvalue weighted by atomic mass is 32.2. The SMILES string of the molecule is O=C(NCCc1nnc2ccccn12)c1ccccc1SCC1CCCO1. The standard InChI is InChI=1S/C20H22N4O2S/c25-20(21-11-10-19-23-22-18-9-3-4-12-24(18)19)16-7-1-2-8-17(16)27-14-15-6-5-13-26-15/h1-4,7-9,12,15H,5-6,10-11,13-14H2,(H,21,25). The fraction of sp³-hybridized carbons (Fsp3) is 0.350. The molecule has 1 amide bonds. The zero-order valence-corrected chi connectivity index (χ0v) is 15.8. The predicted molar refractivity (Wildman–Crippen MR) is 105 cm³/mol. The lowest BCUT2D eigenvalue weighted by Gasteiger charge is -2.12. The molecule has 7 heteroatoms. The summed E-state index contributed by atoms with van der Waals surface area (Å²) in [5.74, 6) is 1.67. The van der Waals surface area contributed by atoms with E-state index in [0.29, 0.717) is 24.6 Å². The molecule has 1 aliphatic rings. The normalized spacial score (nSPS) is 16.7. The van der Waals surface area contributed by atoms with E-state index in [9.17, 15) is 4.79 Å². The average molecular weight is 382 g/mol. The fourth-order valence-corrected chi connectivity index (χ4v) is 4.30. The number of thioether (sulfide) groups is 1. The molecule has 0 bridgehead atoms. The van der Waals surface area contributed by atoms with Crippen LogP contribution >= 0.6 is 11.8 Å². The van der Waals surface area contributed by atoms with Crippen LogP contribution < -0.4 is 5.32 Å². The van der Waals surface area contributed by atoms with Gasteiger partial charge in [-0.3, -0.25) is 9.20 Å². The smallest absolute Gasteiger partial charge is 0.252 e. The van der Waals surface area contributed by atoms with E-state index < -0.39 is 0 Å². The summed E-state index contributed by atoms with van der Waals surface area (Å²) in [4.78, 5) is 13.7. The minimum absolute atomic E-state index is 0.0562. The zero-order valence-electron chi connectivity index (χ0n) is 15.0. The van der Waals surface area contributed by atoms with E-state index in [4.69, 9.17) is 4.74 Å². The van der Waals surface area contributed by atoms with Gasteiger partial charge in [-0.05, 0) is 37.1 Å². The minimum atomic E-state index is -0.0562. The van der Waals surface area contributed by atoms with Crippen LogP contribution in [0.25, 0.3) is 5.65 Å². The van der Waals surface area contributed by atoms with Crippen LogP contribution in [0.3, 0.4) is 0 Å². The van der Waals surface area contributed by atoms with Crippen molar-refractivity contribution in [1.29, 1.82) is 0 Å². The average Bonchev–Trinajstić information content (AvgIpc) is 3.37. The molecule has 1 saturated heterocycles. The van der Waals surface area contributed by atoms with Gasteiger partial charge >= 0.3 is 0 Å². The molecule has 0 aliphatic carbocycles. The number of nitrogens with zero attached hydrogens (tertiary/aromatic N) is 3. The molecule has 27 heavy (non-hydrogen) atoms. The van der Waals surface area contributed by atoms with E-state index in [1.54, 1.807) is 11.8 Å². The first-order valence-corrected chi connectivity index (χ1v) is 10.2. The Kier molecular flexibility index (Phi) is 5.69. The predicted octanol–water partition coefficient (Wildman–Crippen LogP) is 2.97. The molecule has 1 unspecified atom stereocenters. The van der Waals surface area contributed by atoms with Gasteiger partial charge in [0.25, 0.3) is 5.91 Å². The molecule has 4 rings (SSSR count). The van der Waals surface area contributed by atoms with Crippen LogP contribution in [-0.2, 0) is 11.2 Å². The van der Waals surface area contributed by atoms with E-state index in [1.807, 2.05) is 53.1 Å². The molecule has 1 N–H and O–H groups in total. The summed E-state index contributed by atoms with van der Waals surface area (Å²) < 4.78 is 7.62. The molecule has 0 saturated carbocycles. The van der Waals surface area contributed by atoms with Crippen molar-refractivity contribution in [2.45, 2.75) is 30.3 Å². The van der Waals surface area contributed by atoms with Crippen LogP contribution in [0.15, 0.2) is 53.6 Å². The van der Waals surface area contributed by atoms with Crippen LogP contribution in [0.2, 0.25) is 0 Å². The largest absolute Gasteiger partial charge is 0.377 e. The Labute approximate surface area is 162 Å². The summed E-state index contributed by atoms with van der Waals surface area (Å²) >= 11 is 1.69. The highest BCUT2D eigenvalue weighted by molar-refractivity contribution is 7.99. The van der Waals surface area contributed by atoms with Gasteiger partial charge in [0.05, 0.1) is 11.7 Å². The van der Waals surface area contributed by atoms with E-state index in [2.05, 4.69) is 15.5 Å². The first kappa shape index (κ1) is 18.0. The van der Waals surface area contributed by atoms with Crippen molar-refractivity contribution in [3.8, 4) is 0 Å². The molecule has 1 fully saturated rings. The van der Waals surface area contributed by atoms with E-state index in [-0.39, 0.29) is 5.91 Å². The van der Waals surface area contributed by atoms with E-state index >= 15 is 0 Å². The summed E-state index contributed by atoms with van der Waals surface area (Å²) in [6.07, 6.45) is 5.09. The summed E-state index contributed by atoms with van der Waals surface area (Å²) in [6, 6.07) is 13.5. The molecule has 2 aromatic heterocycles. The number of carbonyl (C=O) groups is 1. The lowest BCUT2D eigenvalue weighted by molar-refractivity contribution is 0.0951. The highest BCUT2D eigenvalue weighted by Crippen LogP contribution is 2.26. The Morgan fingerprint density at radius 2 is 2.11 bits per heavy atom. The Morgan fingerprint density at radius 3 is 3.00 bits per heavy atom. The number of benzene rings is 1. The van der Waals surface area contributed by atoms with Crippen molar-refractivity contribution in [3.05, 3.63) is 60.0 Å². The monoisotopic (exact) mass is 382 g/mol. The second kappa shape index (κ2) is 8.54. The summed E-state index contributed by atoms with van der Waals surface area (Å²) in [7, 11) is 0. The molecule has 0 radical (unpaired) electrons. The molecule has 3 aromatic rings. The summed E-state index contributed by atoms with van der Waals surface area (Å²) in [5.41, 5.74) is 1.53. The molecule has 3 heterocycles. The number of carbonyl (C=O) groups excluding carboxylic acids is 1. The van der Waals surface area contributed by atoms with Gasteiger partial charge in [-0.2, -0.15) is 0 Å². The van der Waals surface area contributed by atoms with Gasteiger partial charge in [-0.25, -0.2) is 0 Å². The van der Waals surface area contributed by atoms with Gasteiger partial charge in [0.1, 0.15) is 5.82 Å². The number of rotatable bonds is 7. The Hall–Kier alpha value is -2.38. The lowest BCUT2D eigenvalue weighted by Crippen LogP contribution is -2.26. The number of pyridine rings is 1. The number of aromatic nitrogens is 3. The topological polar surface area (TPSA) is 68.5 Å². The molecular weight excluding hydrogens is 360 g/mol. The van der Waals surface area contributed by atoms with Crippen LogP contribution in [0, 0.1) is 0 Å². The number of ether oxygens (including phenoxy) is 1. The van der Waals surface area contributed by atoms with Crippen molar-refractivity contribution >= 4 is 23.3 Å². The van der Waals surface area contributed by atoms with Crippen LogP contribution in [0.4, 0.5) is 0 Å². The second-order valence-corrected chi connectivity index (χ2v) is 7.55. The Morgan fingerprint density at radius 1 is 1.22 bits per heavy atom. The number of hydrogen-bond acceptors (Lipinski definition) is 5. The van der Waals surface area contributed by atoms with Gasteiger partial charge in [0, 0.05) is 36.4 Å². The van der Waals surface area contributed by atoms with Crippen LogP contribution in [-0.4, -0.2) is 45.5 Å². The minimum Gasteiger partial charge on any atom is -0.377 e. The third kappa shape index (κ3) is 4.31. The van der Waals surface area contributed by atoms with Crippen LogP contribution in [0.1, 0.15) is 29.0 Å². The third-order valence-corrected chi connectivity index (χ3v) is 5.80. The van der Waals surface area contributed by atoms with Crippen LogP contribution in [0.5, 0.6) is 0 Å².